The van der Waals surface area contributed by atoms with Gasteiger partial charge in [-0.05, 0) is 0 Å². The Morgan fingerprint density at radius 3 is 2.57 bits per heavy atom. The zero-order valence-electron chi connectivity index (χ0n) is 7.34. The average molecular weight is 185 g/mol. The number of hydrogen-bond donors (Lipinski definition) is 0. The summed E-state index contributed by atoms with van der Waals surface area (Å²) in [7, 11) is 0. The van der Waals surface area contributed by atoms with Gasteiger partial charge < -0.3 is 4.84 Å². The van der Waals surface area contributed by atoms with Gasteiger partial charge in [0.1, 0.15) is 12.1 Å². The molecule has 0 aromatic heterocycles. The highest BCUT2D eigenvalue weighted by molar-refractivity contribution is 6.11. The number of nitriles is 2. The Labute approximate surface area is 81.6 Å². The third-order valence-electron chi connectivity index (χ3n) is 1.44. The van der Waals surface area contributed by atoms with Gasteiger partial charge in [-0.15, -0.1) is 0 Å². The van der Waals surface area contributed by atoms with Gasteiger partial charge in [0.15, 0.2) is 5.71 Å². The van der Waals surface area contributed by atoms with Crippen molar-refractivity contribution in [2.24, 2.45) is 5.16 Å². The van der Waals surface area contributed by atoms with E-state index in [2.05, 4.69) is 9.99 Å². The van der Waals surface area contributed by atoms with Crippen molar-refractivity contribution in [3.05, 3.63) is 35.9 Å². The van der Waals surface area contributed by atoms with E-state index in [1.807, 2.05) is 12.1 Å². The topological polar surface area (TPSA) is 69.2 Å². The highest BCUT2D eigenvalue weighted by Crippen LogP contribution is 2.00. The Bertz CT molecular complexity index is 398. The van der Waals surface area contributed by atoms with Crippen LogP contribution in [-0.2, 0) is 4.84 Å². The molecule has 0 N–H and O–H groups in total. The highest BCUT2D eigenvalue weighted by atomic mass is 16.6. The van der Waals surface area contributed by atoms with Crippen molar-refractivity contribution < 1.29 is 4.84 Å². The number of rotatable bonds is 3. The van der Waals surface area contributed by atoms with Crippen molar-refractivity contribution in [3.63, 3.8) is 0 Å². The van der Waals surface area contributed by atoms with E-state index in [9.17, 15) is 0 Å². The van der Waals surface area contributed by atoms with Crippen molar-refractivity contribution in [3.8, 4) is 12.1 Å². The molecule has 0 atom stereocenters. The maximum absolute atomic E-state index is 8.74. The summed E-state index contributed by atoms with van der Waals surface area (Å²) >= 11 is 0. The maximum Gasteiger partial charge on any atom is 0.202 e. The Balaban J connectivity index is 2.80. The first kappa shape index (κ1) is 9.76. The van der Waals surface area contributed by atoms with Crippen LogP contribution < -0.4 is 0 Å². The molecule has 0 amide bonds. The third-order valence-corrected chi connectivity index (χ3v) is 1.44. The van der Waals surface area contributed by atoms with Gasteiger partial charge >= 0.3 is 0 Å². The lowest BCUT2D eigenvalue weighted by molar-refractivity contribution is 0.179. The minimum atomic E-state index is -0.155. The molecule has 0 aliphatic carbocycles. The SMILES string of the molecule is N#CCO/N=C(/C#N)c1ccccc1. The molecular weight excluding hydrogens is 178 g/mol. The molecule has 1 aromatic carbocycles. The van der Waals surface area contributed by atoms with E-state index in [4.69, 9.17) is 10.5 Å². The van der Waals surface area contributed by atoms with E-state index in [-0.39, 0.29) is 12.3 Å². The van der Waals surface area contributed by atoms with Crippen LogP contribution >= 0.6 is 0 Å². The van der Waals surface area contributed by atoms with Crippen molar-refractivity contribution in [2.45, 2.75) is 0 Å². The molecule has 1 aromatic rings. The smallest absolute Gasteiger partial charge is 0.202 e. The van der Waals surface area contributed by atoms with Gasteiger partial charge in [-0.25, -0.2) is 0 Å². The summed E-state index contributed by atoms with van der Waals surface area (Å²) in [6.45, 7) is -0.155. The summed E-state index contributed by atoms with van der Waals surface area (Å²) in [5.74, 6) is 0. The van der Waals surface area contributed by atoms with Crippen molar-refractivity contribution >= 4 is 5.71 Å². The summed E-state index contributed by atoms with van der Waals surface area (Å²) in [5, 5.41) is 20.5. The van der Waals surface area contributed by atoms with Crippen molar-refractivity contribution in [2.75, 3.05) is 6.61 Å². The molecule has 4 heteroatoms. The van der Waals surface area contributed by atoms with Crippen LogP contribution in [0.25, 0.3) is 0 Å². The number of benzene rings is 1. The summed E-state index contributed by atoms with van der Waals surface area (Å²) in [6.07, 6.45) is 0. The molecule has 0 fully saturated rings. The zero-order valence-corrected chi connectivity index (χ0v) is 7.34. The lowest BCUT2D eigenvalue weighted by Gasteiger charge is -1.96. The normalized spacial score (nSPS) is 10.0. The molecule has 14 heavy (non-hydrogen) atoms. The predicted molar refractivity (Wildman–Crippen MR) is 50.2 cm³/mol. The first-order valence-electron chi connectivity index (χ1n) is 3.91. The molecular formula is C10H7N3O. The van der Waals surface area contributed by atoms with Crippen LogP contribution in [0.2, 0.25) is 0 Å². The fourth-order valence-electron chi connectivity index (χ4n) is 0.859. The Kier molecular flexibility index (Phi) is 3.72. The molecule has 4 nitrogen and oxygen atoms in total. The summed E-state index contributed by atoms with van der Waals surface area (Å²) in [5.41, 5.74) is 0.841. The van der Waals surface area contributed by atoms with Gasteiger partial charge in [0.25, 0.3) is 0 Å². The van der Waals surface area contributed by atoms with Crippen LogP contribution in [0, 0.1) is 22.7 Å². The second-order valence-corrected chi connectivity index (χ2v) is 2.35. The zero-order chi connectivity index (χ0) is 10.2. The predicted octanol–water partition coefficient (Wildman–Crippen LogP) is 1.45. The molecule has 0 radical (unpaired) electrons. The first-order valence-corrected chi connectivity index (χ1v) is 3.91. The molecule has 68 valence electrons. The Morgan fingerprint density at radius 2 is 2.00 bits per heavy atom. The van der Waals surface area contributed by atoms with E-state index in [0.717, 1.165) is 0 Å². The van der Waals surface area contributed by atoms with E-state index in [1.165, 1.54) is 0 Å². The third kappa shape index (κ3) is 2.62. The largest absolute Gasteiger partial charge is 0.379 e. The molecule has 0 aliphatic heterocycles. The Morgan fingerprint density at radius 1 is 1.29 bits per heavy atom. The van der Waals surface area contributed by atoms with E-state index >= 15 is 0 Å². The van der Waals surface area contributed by atoms with Crippen LogP contribution in [0.5, 0.6) is 0 Å². The fraction of sp³-hybridized carbons (Fsp3) is 0.100. The van der Waals surface area contributed by atoms with Gasteiger partial charge in [0.05, 0.1) is 0 Å². The molecule has 0 saturated carbocycles. The van der Waals surface area contributed by atoms with Crippen molar-refractivity contribution in [1.82, 2.24) is 0 Å². The number of nitrogens with zero attached hydrogens (tertiary/aromatic N) is 3. The summed E-state index contributed by atoms with van der Waals surface area (Å²) < 4.78 is 0. The van der Waals surface area contributed by atoms with E-state index in [0.29, 0.717) is 5.56 Å². The molecule has 0 aliphatic rings. The maximum atomic E-state index is 8.74. The van der Waals surface area contributed by atoms with Gasteiger partial charge in [0, 0.05) is 5.56 Å². The van der Waals surface area contributed by atoms with Crippen molar-refractivity contribution in [1.29, 1.82) is 10.5 Å². The molecule has 0 heterocycles. The van der Waals surface area contributed by atoms with Crippen LogP contribution in [0.3, 0.4) is 0 Å². The van der Waals surface area contributed by atoms with Gasteiger partial charge in [-0.1, -0.05) is 35.5 Å². The lowest BCUT2D eigenvalue weighted by atomic mass is 10.1. The van der Waals surface area contributed by atoms with Gasteiger partial charge in [-0.2, -0.15) is 10.5 Å². The second kappa shape index (κ2) is 5.34. The van der Waals surface area contributed by atoms with E-state index in [1.54, 1.807) is 30.3 Å². The summed E-state index contributed by atoms with van der Waals surface area (Å²) in [6, 6.07) is 12.6. The van der Waals surface area contributed by atoms with Crippen LogP contribution in [0.4, 0.5) is 0 Å². The monoisotopic (exact) mass is 185 g/mol. The lowest BCUT2D eigenvalue weighted by Crippen LogP contribution is -1.98. The highest BCUT2D eigenvalue weighted by Gasteiger charge is 2.00. The number of hydrogen-bond acceptors (Lipinski definition) is 4. The molecule has 0 saturated heterocycles. The quantitative estimate of drug-likeness (QED) is 0.406. The average Bonchev–Trinajstić information content (AvgIpc) is 2.26. The number of oxime groups is 1. The standard InChI is InChI=1S/C10H7N3O/c11-6-7-14-13-10(8-12)9-4-2-1-3-5-9/h1-5H,7H2/b13-10-. The van der Waals surface area contributed by atoms with Gasteiger partial charge in [0.2, 0.25) is 6.61 Å². The Hall–Kier alpha value is -2.33. The second-order valence-electron chi connectivity index (χ2n) is 2.35. The minimum Gasteiger partial charge on any atom is -0.379 e. The molecule has 0 bridgehead atoms. The van der Waals surface area contributed by atoms with Crippen LogP contribution in [0.15, 0.2) is 35.5 Å². The van der Waals surface area contributed by atoms with E-state index < -0.39 is 0 Å². The molecule has 0 unspecified atom stereocenters. The van der Waals surface area contributed by atoms with Crippen LogP contribution in [0.1, 0.15) is 5.56 Å². The van der Waals surface area contributed by atoms with Gasteiger partial charge in [-0.3, -0.25) is 0 Å². The molecule has 0 spiro atoms. The fourth-order valence-corrected chi connectivity index (χ4v) is 0.859. The minimum absolute atomic E-state index is 0.155. The summed E-state index contributed by atoms with van der Waals surface area (Å²) in [4.78, 5) is 4.59. The van der Waals surface area contributed by atoms with Crippen LogP contribution in [-0.4, -0.2) is 12.3 Å². The molecule has 1 rings (SSSR count). The first-order chi connectivity index (χ1) is 6.88.